The molecule has 0 spiro atoms. The number of carbonyl (C=O) groups excluding carboxylic acids is 1. The van der Waals surface area contributed by atoms with Gasteiger partial charge >= 0.3 is 16.3 Å². The maximum absolute atomic E-state index is 15.0. The van der Waals surface area contributed by atoms with E-state index in [1.807, 2.05) is 4.72 Å². The van der Waals surface area contributed by atoms with Crippen LogP contribution in [0, 0.1) is 5.82 Å². The summed E-state index contributed by atoms with van der Waals surface area (Å²) in [6.45, 7) is 5.17. The van der Waals surface area contributed by atoms with Crippen LogP contribution < -0.4 is 10.0 Å². The first-order valence-corrected chi connectivity index (χ1v) is 14.5. The van der Waals surface area contributed by atoms with E-state index in [-0.39, 0.29) is 44.4 Å². The summed E-state index contributed by atoms with van der Waals surface area (Å²) in [5.41, 5.74) is 0.997. The highest BCUT2D eigenvalue weighted by molar-refractivity contribution is 7.87. The van der Waals surface area contributed by atoms with Crippen molar-refractivity contribution in [3.8, 4) is 11.4 Å². The van der Waals surface area contributed by atoms with E-state index in [9.17, 15) is 22.0 Å². The zero-order valence-corrected chi connectivity index (χ0v) is 23.9. The summed E-state index contributed by atoms with van der Waals surface area (Å²) in [6, 6.07) is 9.69. The van der Waals surface area contributed by atoms with Gasteiger partial charge in [0.15, 0.2) is 17.8 Å². The normalized spacial score (nSPS) is 18.2. The van der Waals surface area contributed by atoms with E-state index in [0.29, 0.717) is 22.6 Å². The Hall–Kier alpha value is -4.31. The monoisotopic (exact) mass is 604 g/mol. The molecule has 1 unspecified atom stereocenters. The number of hydrogen-bond donors (Lipinski definition) is 2. The number of hydrogen-bond acceptors (Lipinski definition) is 10. The summed E-state index contributed by atoms with van der Waals surface area (Å²) < 4.78 is 69.3. The molecule has 1 fully saturated rings. The molecule has 13 nitrogen and oxygen atoms in total. The fourth-order valence-electron chi connectivity index (χ4n) is 4.46. The summed E-state index contributed by atoms with van der Waals surface area (Å²) in [7, 11) is -4.16. The van der Waals surface area contributed by atoms with Crippen LogP contribution in [0.4, 0.5) is 13.6 Å². The van der Waals surface area contributed by atoms with Gasteiger partial charge in [0.05, 0.1) is 12.2 Å². The molecule has 2 aliphatic rings. The Bertz CT molecular complexity index is 1610. The Morgan fingerprint density at radius 2 is 1.90 bits per heavy atom. The van der Waals surface area contributed by atoms with Gasteiger partial charge in [0.25, 0.3) is 0 Å². The van der Waals surface area contributed by atoms with Crippen molar-refractivity contribution in [2.75, 3.05) is 26.2 Å². The van der Waals surface area contributed by atoms with Crippen LogP contribution in [0.1, 0.15) is 38.2 Å². The third kappa shape index (κ3) is 6.60. The van der Waals surface area contributed by atoms with Crippen molar-refractivity contribution in [2.24, 2.45) is 4.99 Å². The minimum Gasteiger partial charge on any atom is -0.443 e. The molecule has 0 bridgehead atoms. The van der Waals surface area contributed by atoms with Gasteiger partial charge < -0.3 is 19.5 Å². The molecule has 4 heterocycles. The highest BCUT2D eigenvalue weighted by Crippen LogP contribution is 2.27. The van der Waals surface area contributed by atoms with Gasteiger partial charge in [-0.3, -0.25) is 4.68 Å². The highest BCUT2D eigenvalue weighted by atomic mass is 32.2. The standard InChI is InChI=1S/C26H30F2N8O5S/c1-26(2,3)41-25(37)33-42(38,39)35-11-9-34(10-12-35)24-19(28)15-29-23(30-24)21-14-22(20-8-13-40-32-20)36(31-21)16-17-6-4-5-7-18(17)27/h4-8,13-15,23,29H,9-12,16H2,1-3H3,(H,33,37). The fourth-order valence-corrected chi connectivity index (χ4v) is 5.49. The number of rotatable bonds is 6. The van der Waals surface area contributed by atoms with Gasteiger partial charge in [0, 0.05) is 44.0 Å². The Morgan fingerprint density at radius 3 is 2.57 bits per heavy atom. The summed E-state index contributed by atoms with van der Waals surface area (Å²) in [4.78, 5) is 18.1. The first-order chi connectivity index (χ1) is 19.9. The minimum absolute atomic E-state index is 0.0178. The van der Waals surface area contributed by atoms with Crippen molar-refractivity contribution in [1.29, 1.82) is 0 Å². The number of nitrogens with one attached hydrogen (secondary N) is 2. The van der Waals surface area contributed by atoms with Crippen molar-refractivity contribution in [3.63, 3.8) is 0 Å². The first kappa shape index (κ1) is 29.2. The maximum atomic E-state index is 15.0. The largest absolute Gasteiger partial charge is 0.443 e. The van der Waals surface area contributed by atoms with Crippen LogP contribution in [0.3, 0.4) is 0 Å². The van der Waals surface area contributed by atoms with Crippen LogP contribution in [-0.2, 0) is 21.5 Å². The number of piperazine rings is 1. The number of aliphatic imine (C=N–C) groups is 1. The van der Waals surface area contributed by atoms with E-state index in [0.717, 1.165) is 4.31 Å². The van der Waals surface area contributed by atoms with Crippen LogP contribution in [0.2, 0.25) is 0 Å². The van der Waals surface area contributed by atoms with Crippen molar-refractivity contribution in [1.82, 2.24) is 34.2 Å². The smallest absolute Gasteiger partial charge is 0.422 e. The number of carbonyl (C=O) groups is 1. The zero-order chi connectivity index (χ0) is 30.1. The molecule has 2 N–H and O–H groups in total. The number of ether oxygens (including phenoxy) is 1. The molecule has 0 saturated carbocycles. The number of amidine groups is 1. The van der Waals surface area contributed by atoms with Gasteiger partial charge in [-0.2, -0.15) is 17.8 Å². The lowest BCUT2D eigenvalue weighted by atomic mass is 10.2. The average molecular weight is 605 g/mol. The minimum atomic E-state index is -4.16. The van der Waals surface area contributed by atoms with Crippen LogP contribution in [0.15, 0.2) is 64.2 Å². The quantitative estimate of drug-likeness (QED) is 0.434. The number of aromatic nitrogens is 3. The van der Waals surface area contributed by atoms with Crippen LogP contribution in [0.25, 0.3) is 11.4 Å². The molecule has 5 rings (SSSR count). The fraction of sp³-hybridized carbons (Fsp3) is 0.385. The Balaban J connectivity index is 1.32. The molecule has 42 heavy (non-hydrogen) atoms. The van der Waals surface area contributed by atoms with Crippen LogP contribution in [0.5, 0.6) is 0 Å². The van der Waals surface area contributed by atoms with Gasteiger partial charge in [-0.15, -0.1) is 0 Å². The summed E-state index contributed by atoms with van der Waals surface area (Å²) in [5.74, 6) is -0.983. The molecule has 224 valence electrons. The lowest BCUT2D eigenvalue weighted by Gasteiger charge is -2.36. The van der Waals surface area contributed by atoms with Gasteiger partial charge in [0.2, 0.25) is 0 Å². The number of halogens is 2. The Labute approximate surface area is 241 Å². The number of nitrogens with zero attached hydrogens (tertiary/aromatic N) is 6. The second-order valence-electron chi connectivity index (χ2n) is 10.6. The lowest BCUT2D eigenvalue weighted by Crippen LogP contribution is -2.55. The number of benzene rings is 1. The first-order valence-electron chi connectivity index (χ1n) is 13.1. The van der Waals surface area contributed by atoms with Gasteiger partial charge in [-0.05, 0) is 32.9 Å². The number of amides is 1. The van der Waals surface area contributed by atoms with E-state index in [1.54, 1.807) is 60.7 Å². The predicted molar refractivity (Wildman–Crippen MR) is 147 cm³/mol. The SMILES string of the molecule is CC(C)(C)OC(=O)NS(=O)(=O)N1CCN(C2=NC(c3cc(-c4ccon4)n(Cc4ccccc4F)n3)NC=C2F)CC1. The molecule has 0 radical (unpaired) electrons. The summed E-state index contributed by atoms with van der Waals surface area (Å²) >= 11 is 0. The van der Waals surface area contributed by atoms with E-state index < -0.39 is 33.9 Å². The third-order valence-corrected chi connectivity index (χ3v) is 7.85. The van der Waals surface area contributed by atoms with E-state index in [1.165, 1.54) is 18.5 Å². The Morgan fingerprint density at radius 1 is 1.17 bits per heavy atom. The lowest BCUT2D eigenvalue weighted by molar-refractivity contribution is 0.0566. The predicted octanol–water partition coefficient (Wildman–Crippen LogP) is 2.92. The van der Waals surface area contributed by atoms with Gasteiger partial charge in [0.1, 0.15) is 29.1 Å². The second-order valence-corrected chi connectivity index (χ2v) is 12.3. The van der Waals surface area contributed by atoms with E-state index >= 15 is 0 Å². The molecule has 1 aromatic carbocycles. The van der Waals surface area contributed by atoms with Crippen molar-refractivity contribution in [2.45, 2.75) is 39.1 Å². The second kappa shape index (κ2) is 11.5. The van der Waals surface area contributed by atoms with Crippen molar-refractivity contribution in [3.05, 3.63) is 71.8 Å². The highest BCUT2D eigenvalue weighted by Gasteiger charge is 2.33. The molecule has 16 heteroatoms. The maximum Gasteiger partial charge on any atom is 0.422 e. The van der Waals surface area contributed by atoms with Crippen LogP contribution >= 0.6 is 0 Å². The topological polar surface area (TPSA) is 147 Å². The molecule has 2 aliphatic heterocycles. The molecule has 1 saturated heterocycles. The average Bonchev–Trinajstić information content (AvgIpc) is 3.59. The van der Waals surface area contributed by atoms with E-state index in [2.05, 4.69) is 20.6 Å². The Kier molecular flexibility index (Phi) is 8.01. The molecule has 0 aliphatic carbocycles. The third-order valence-electron chi connectivity index (χ3n) is 6.38. The molecular formula is C26H30F2N8O5S. The van der Waals surface area contributed by atoms with Crippen molar-refractivity contribution >= 4 is 22.1 Å². The molecule has 1 atom stereocenters. The van der Waals surface area contributed by atoms with E-state index in [4.69, 9.17) is 9.26 Å². The van der Waals surface area contributed by atoms with Crippen LogP contribution in [-0.4, -0.2) is 76.3 Å². The molecule has 2 aromatic heterocycles. The van der Waals surface area contributed by atoms with Crippen molar-refractivity contribution < 1.29 is 31.3 Å². The molecule has 3 aromatic rings. The van der Waals surface area contributed by atoms with Gasteiger partial charge in [-0.1, -0.05) is 23.4 Å². The summed E-state index contributed by atoms with van der Waals surface area (Å²) in [6.07, 6.45) is 0.712. The molecule has 1 amide bonds. The zero-order valence-electron chi connectivity index (χ0n) is 23.1. The van der Waals surface area contributed by atoms with Gasteiger partial charge in [-0.25, -0.2) is 23.3 Å². The molecular weight excluding hydrogens is 574 g/mol. The summed E-state index contributed by atoms with van der Waals surface area (Å²) in [5, 5.41) is 11.5.